The molecule has 0 bridgehead atoms. The van der Waals surface area contributed by atoms with Crippen molar-refractivity contribution in [3.8, 4) is 5.75 Å². The van der Waals surface area contributed by atoms with Gasteiger partial charge in [-0.2, -0.15) is 0 Å². The summed E-state index contributed by atoms with van der Waals surface area (Å²) in [7, 11) is 1.70. The maximum atomic E-state index is 6.08. The van der Waals surface area contributed by atoms with Gasteiger partial charge in [-0.25, -0.2) is 0 Å². The van der Waals surface area contributed by atoms with Gasteiger partial charge in [0.2, 0.25) is 0 Å². The fraction of sp³-hybridized carbons (Fsp3) is 0.333. The summed E-state index contributed by atoms with van der Waals surface area (Å²) in [5, 5.41) is 5.22. The number of hydrogen-bond acceptors (Lipinski definition) is 2. The molecule has 3 aromatic rings. The van der Waals surface area contributed by atoms with Crippen LogP contribution < -0.4 is 10.1 Å². The Morgan fingerprint density at radius 3 is 2.09 bits per heavy atom. The zero-order valence-electron chi connectivity index (χ0n) is 20.6. The standard InChI is InChI=1S/C26H30ClNO.C4H7Cl/c1-29-25-16-10-21(11-17-25)18-20-28-19-6-5-9-26(22-7-3-2-4-8-22)23-12-14-24(27)15-13-23;1-3-4(2)5/h2-4,7-8,10-17,26,28H,5-6,9,18-20H2,1H3;3H,1-2H3/b;4-3+. The number of ether oxygens (including phenoxy) is 1. The molecular formula is C30H37Cl2NO. The summed E-state index contributed by atoms with van der Waals surface area (Å²) in [6.45, 7) is 5.81. The Bertz CT molecular complexity index is 949. The fourth-order valence-electron chi connectivity index (χ4n) is 3.65. The number of benzene rings is 3. The van der Waals surface area contributed by atoms with E-state index in [2.05, 4.69) is 59.9 Å². The number of hydrogen-bond donors (Lipinski definition) is 1. The molecule has 2 nitrogen and oxygen atoms in total. The van der Waals surface area contributed by atoms with Crippen molar-refractivity contribution in [2.75, 3.05) is 20.2 Å². The van der Waals surface area contributed by atoms with Crippen molar-refractivity contribution in [1.29, 1.82) is 0 Å². The molecule has 0 saturated carbocycles. The van der Waals surface area contributed by atoms with Crippen molar-refractivity contribution in [3.05, 3.63) is 112 Å². The zero-order chi connectivity index (χ0) is 24.6. The van der Waals surface area contributed by atoms with Gasteiger partial charge >= 0.3 is 0 Å². The van der Waals surface area contributed by atoms with Crippen LogP contribution in [0.25, 0.3) is 0 Å². The lowest BCUT2D eigenvalue weighted by molar-refractivity contribution is 0.414. The molecule has 182 valence electrons. The van der Waals surface area contributed by atoms with Gasteiger partial charge in [0.05, 0.1) is 7.11 Å². The van der Waals surface area contributed by atoms with Crippen molar-refractivity contribution < 1.29 is 4.74 Å². The van der Waals surface area contributed by atoms with E-state index in [9.17, 15) is 0 Å². The molecule has 1 N–H and O–H groups in total. The lowest BCUT2D eigenvalue weighted by atomic mass is 9.87. The quantitative estimate of drug-likeness (QED) is 0.267. The second kappa shape index (κ2) is 16.4. The second-order valence-corrected chi connectivity index (χ2v) is 9.27. The van der Waals surface area contributed by atoms with Crippen LogP contribution in [0.1, 0.15) is 55.7 Å². The smallest absolute Gasteiger partial charge is 0.118 e. The van der Waals surface area contributed by atoms with Gasteiger partial charge in [-0.05, 0) is 87.2 Å². The summed E-state index contributed by atoms with van der Waals surface area (Å²) in [5.74, 6) is 1.34. The minimum absolute atomic E-state index is 0.424. The van der Waals surface area contributed by atoms with E-state index in [1.54, 1.807) is 7.11 Å². The first-order valence-corrected chi connectivity index (χ1v) is 12.7. The number of halogens is 2. The van der Waals surface area contributed by atoms with Gasteiger partial charge in [-0.3, -0.25) is 0 Å². The Morgan fingerprint density at radius 1 is 0.882 bits per heavy atom. The molecule has 0 aliphatic carbocycles. The Hall–Kier alpha value is -2.26. The van der Waals surface area contributed by atoms with Crippen LogP contribution in [0, 0.1) is 0 Å². The Balaban J connectivity index is 0.000000739. The van der Waals surface area contributed by atoms with Gasteiger partial charge in [0.25, 0.3) is 0 Å². The molecule has 1 unspecified atom stereocenters. The third kappa shape index (κ3) is 10.8. The number of allylic oxidation sites excluding steroid dienone is 2. The maximum Gasteiger partial charge on any atom is 0.118 e. The van der Waals surface area contributed by atoms with E-state index in [-0.39, 0.29) is 0 Å². The predicted molar refractivity (Wildman–Crippen MR) is 148 cm³/mol. The van der Waals surface area contributed by atoms with Gasteiger partial charge in [0.15, 0.2) is 0 Å². The van der Waals surface area contributed by atoms with E-state index in [0.29, 0.717) is 5.92 Å². The van der Waals surface area contributed by atoms with Gasteiger partial charge < -0.3 is 10.1 Å². The highest BCUT2D eigenvalue weighted by Gasteiger charge is 2.13. The summed E-state index contributed by atoms with van der Waals surface area (Å²) in [6.07, 6.45) is 6.41. The topological polar surface area (TPSA) is 21.3 Å². The van der Waals surface area contributed by atoms with Gasteiger partial charge in [-0.1, -0.05) is 90.3 Å². The summed E-state index contributed by atoms with van der Waals surface area (Å²) >= 11 is 11.4. The highest BCUT2D eigenvalue weighted by Crippen LogP contribution is 2.30. The Morgan fingerprint density at radius 2 is 1.50 bits per heavy atom. The van der Waals surface area contributed by atoms with Crippen LogP contribution >= 0.6 is 23.2 Å². The van der Waals surface area contributed by atoms with Crippen molar-refractivity contribution in [2.45, 2.75) is 45.4 Å². The first-order chi connectivity index (χ1) is 16.5. The van der Waals surface area contributed by atoms with E-state index < -0.39 is 0 Å². The third-order valence-electron chi connectivity index (χ3n) is 5.72. The zero-order valence-corrected chi connectivity index (χ0v) is 22.1. The first kappa shape index (κ1) is 28.0. The lowest BCUT2D eigenvalue weighted by Crippen LogP contribution is -2.18. The molecule has 0 aliphatic rings. The largest absolute Gasteiger partial charge is 0.497 e. The number of methoxy groups -OCH3 is 1. The van der Waals surface area contributed by atoms with Crippen LogP contribution in [0.4, 0.5) is 0 Å². The molecule has 34 heavy (non-hydrogen) atoms. The van der Waals surface area contributed by atoms with Crippen LogP contribution in [0.3, 0.4) is 0 Å². The molecule has 0 radical (unpaired) electrons. The summed E-state index contributed by atoms with van der Waals surface area (Å²) < 4.78 is 5.21. The predicted octanol–water partition coefficient (Wildman–Crippen LogP) is 8.63. The molecule has 1 atom stereocenters. The van der Waals surface area contributed by atoms with Crippen LogP contribution in [-0.2, 0) is 6.42 Å². The maximum absolute atomic E-state index is 6.08. The van der Waals surface area contributed by atoms with Gasteiger partial charge in [0.1, 0.15) is 5.75 Å². The monoisotopic (exact) mass is 497 g/mol. The second-order valence-electron chi connectivity index (χ2n) is 8.23. The average molecular weight is 499 g/mol. The Labute approximate surface area is 216 Å². The molecule has 3 rings (SSSR count). The van der Waals surface area contributed by atoms with Gasteiger partial charge in [0, 0.05) is 16.0 Å². The van der Waals surface area contributed by atoms with Crippen molar-refractivity contribution in [1.82, 2.24) is 5.32 Å². The fourth-order valence-corrected chi connectivity index (χ4v) is 3.78. The molecule has 0 aromatic heterocycles. The number of nitrogens with one attached hydrogen (secondary N) is 1. The molecule has 0 spiro atoms. The summed E-state index contributed by atoms with van der Waals surface area (Å²) in [5.41, 5.74) is 4.06. The third-order valence-corrected chi connectivity index (χ3v) is 6.19. The van der Waals surface area contributed by atoms with Crippen LogP contribution in [0.2, 0.25) is 5.02 Å². The minimum atomic E-state index is 0.424. The average Bonchev–Trinajstić information content (AvgIpc) is 2.87. The van der Waals surface area contributed by atoms with E-state index in [1.165, 1.54) is 29.5 Å². The van der Waals surface area contributed by atoms with Crippen molar-refractivity contribution in [3.63, 3.8) is 0 Å². The minimum Gasteiger partial charge on any atom is -0.497 e. The van der Waals surface area contributed by atoms with E-state index in [1.807, 2.05) is 44.2 Å². The highest BCUT2D eigenvalue weighted by molar-refractivity contribution is 6.30. The van der Waals surface area contributed by atoms with Crippen LogP contribution in [0.5, 0.6) is 5.75 Å². The molecule has 0 aliphatic heterocycles. The number of rotatable bonds is 11. The van der Waals surface area contributed by atoms with E-state index in [4.69, 9.17) is 27.9 Å². The van der Waals surface area contributed by atoms with Crippen LogP contribution in [0.15, 0.2) is 90.0 Å². The molecule has 3 aromatic carbocycles. The number of unbranched alkanes of at least 4 members (excludes halogenated alkanes) is 1. The van der Waals surface area contributed by atoms with Crippen molar-refractivity contribution >= 4 is 23.2 Å². The summed E-state index contributed by atoms with van der Waals surface area (Å²) in [4.78, 5) is 0. The molecule has 0 saturated heterocycles. The lowest BCUT2D eigenvalue weighted by Gasteiger charge is -2.18. The van der Waals surface area contributed by atoms with Crippen molar-refractivity contribution in [2.24, 2.45) is 0 Å². The van der Waals surface area contributed by atoms with E-state index in [0.717, 1.165) is 41.7 Å². The summed E-state index contributed by atoms with van der Waals surface area (Å²) in [6, 6.07) is 27.4. The molecule has 0 fully saturated rings. The Kier molecular flexibility index (Phi) is 13.5. The molecule has 0 amide bonds. The van der Waals surface area contributed by atoms with E-state index >= 15 is 0 Å². The molecule has 4 heteroatoms. The molecular weight excluding hydrogens is 461 g/mol. The normalized spacial score (nSPS) is 12.0. The SMILES string of the molecule is C/C=C(\C)Cl.COc1ccc(CCNCCCCC(c2ccccc2)c2ccc(Cl)cc2)cc1. The first-order valence-electron chi connectivity index (χ1n) is 12.0. The highest BCUT2D eigenvalue weighted by atomic mass is 35.5. The van der Waals surface area contributed by atoms with Crippen LogP contribution in [-0.4, -0.2) is 20.2 Å². The van der Waals surface area contributed by atoms with Gasteiger partial charge in [-0.15, -0.1) is 0 Å². The molecule has 0 heterocycles.